The van der Waals surface area contributed by atoms with Gasteiger partial charge in [0.2, 0.25) is 0 Å². The lowest BCUT2D eigenvalue weighted by molar-refractivity contribution is -0.109. The summed E-state index contributed by atoms with van der Waals surface area (Å²) in [4.78, 5) is 39.8. The van der Waals surface area contributed by atoms with E-state index in [0.717, 1.165) is 25.4 Å². The van der Waals surface area contributed by atoms with Crippen LogP contribution in [0.3, 0.4) is 0 Å². The third kappa shape index (κ3) is 8.43. The molecule has 0 saturated carbocycles. The van der Waals surface area contributed by atoms with E-state index in [1.54, 1.807) is 0 Å². The van der Waals surface area contributed by atoms with Crippen LogP contribution in [0.1, 0.15) is 46.4 Å². The monoisotopic (exact) mass is 264 g/mol. The van der Waals surface area contributed by atoms with Gasteiger partial charge in [-0.15, -0.1) is 0 Å². The van der Waals surface area contributed by atoms with Crippen molar-refractivity contribution in [3.8, 4) is 0 Å². The lowest BCUT2D eigenvalue weighted by atomic mass is 10.1. The minimum Gasteiger partial charge on any atom is -0.478 e. The molecule has 1 aromatic carbocycles. The summed E-state index contributed by atoms with van der Waals surface area (Å²) >= 11 is 0. The molecule has 0 heterocycles. The molecule has 0 aliphatic heterocycles. The van der Waals surface area contributed by atoms with Gasteiger partial charge in [-0.3, -0.25) is 4.79 Å². The number of rotatable bonds is 7. The first-order valence-corrected chi connectivity index (χ1v) is 5.81. The molecule has 19 heavy (non-hydrogen) atoms. The maximum Gasteiger partial charge on any atom is 0.335 e. The van der Waals surface area contributed by atoms with Crippen LogP contribution in [0.15, 0.2) is 24.3 Å². The minimum absolute atomic E-state index is 0.190. The molecule has 1 N–H and O–H groups in total. The first-order valence-electron chi connectivity index (χ1n) is 5.81. The number of carboxylic acids is 1. The zero-order valence-corrected chi connectivity index (χ0v) is 10.5. The third-order valence-corrected chi connectivity index (χ3v) is 2.19. The Morgan fingerprint density at radius 1 is 0.947 bits per heavy atom. The summed E-state index contributed by atoms with van der Waals surface area (Å²) in [7, 11) is 0. The second kappa shape index (κ2) is 10.8. The van der Waals surface area contributed by atoms with E-state index in [2.05, 4.69) is 0 Å². The maximum absolute atomic E-state index is 10.3. The first kappa shape index (κ1) is 16.7. The Balaban J connectivity index is 0.000000362. The molecule has 0 bridgehead atoms. The molecule has 1 aromatic rings. The Kier molecular flexibility index (Phi) is 9.52. The highest BCUT2D eigenvalue weighted by atomic mass is 16.4. The number of hydrogen-bond acceptors (Lipinski definition) is 4. The highest BCUT2D eigenvalue weighted by Gasteiger charge is 1.99. The fraction of sp³-hybridized carbons (Fsp3) is 0.286. The average Bonchev–Trinajstić information content (AvgIpc) is 2.44. The number of aldehydes is 3. The fourth-order valence-corrected chi connectivity index (χ4v) is 1.16. The van der Waals surface area contributed by atoms with Crippen LogP contribution < -0.4 is 0 Å². The van der Waals surface area contributed by atoms with E-state index in [0.29, 0.717) is 24.7 Å². The second-order valence-electron chi connectivity index (χ2n) is 3.66. The van der Waals surface area contributed by atoms with Crippen LogP contribution in [0.5, 0.6) is 0 Å². The minimum atomic E-state index is -0.984. The number of hydrogen-bond donors (Lipinski definition) is 1. The van der Waals surface area contributed by atoms with Gasteiger partial charge in [0.1, 0.15) is 18.9 Å². The summed E-state index contributed by atoms with van der Waals surface area (Å²) < 4.78 is 0. The predicted molar refractivity (Wildman–Crippen MR) is 69.4 cm³/mol. The molecule has 0 radical (unpaired) electrons. The Morgan fingerprint density at radius 3 is 1.74 bits per heavy atom. The molecule has 0 aromatic heterocycles. The van der Waals surface area contributed by atoms with Crippen LogP contribution in [-0.2, 0) is 9.59 Å². The summed E-state index contributed by atoms with van der Waals surface area (Å²) in [6, 6.07) is 5.73. The van der Waals surface area contributed by atoms with Crippen LogP contribution in [0, 0.1) is 0 Å². The summed E-state index contributed by atoms with van der Waals surface area (Å²) in [5.41, 5.74) is 0.672. The molecule has 0 unspecified atom stereocenters. The number of benzene rings is 1. The standard InChI is InChI=1S/C8H6O3.C6H10O2/c9-5-6-1-3-7(4-2-6)8(10)11;7-5-3-1-2-4-6-8/h1-5H,(H,10,11);5-6H,1-4H2. The Morgan fingerprint density at radius 2 is 1.42 bits per heavy atom. The van der Waals surface area contributed by atoms with Crippen molar-refractivity contribution in [2.75, 3.05) is 0 Å². The quantitative estimate of drug-likeness (QED) is 0.602. The van der Waals surface area contributed by atoms with Crippen LogP contribution in [-0.4, -0.2) is 29.9 Å². The van der Waals surface area contributed by atoms with Crippen molar-refractivity contribution in [2.24, 2.45) is 0 Å². The lowest BCUT2D eigenvalue weighted by Gasteiger charge is -1.92. The number of carboxylic acid groups (broad SMARTS) is 1. The van der Waals surface area contributed by atoms with Gasteiger partial charge in [0.05, 0.1) is 5.56 Å². The topological polar surface area (TPSA) is 88.5 Å². The van der Waals surface area contributed by atoms with Gasteiger partial charge in [-0.2, -0.15) is 0 Å². The molecule has 102 valence electrons. The van der Waals surface area contributed by atoms with Crippen LogP contribution in [0.2, 0.25) is 0 Å². The van der Waals surface area contributed by atoms with Gasteiger partial charge < -0.3 is 14.7 Å². The van der Waals surface area contributed by atoms with Crippen molar-refractivity contribution < 1.29 is 24.3 Å². The second-order valence-corrected chi connectivity index (χ2v) is 3.66. The average molecular weight is 264 g/mol. The summed E-state index contributed by atoms with van der Waals surface area (Å²) in [6.45, 7) is 0. The molecule has 0 spiro atoms. The highest BCUT2D eigenvalue weighted by molar-refractivity contribution is 5.88. The number of aromatic carboxylic acids is 1. The fourth-order valence-electron chi connectivity index (χ4n) is 1.16. The van der Waals surface area contributed by atoms with Crippen LogP contribution in [0.25, 0.3) is 0 Å². The molecule has 0 saturated heterocycles. The van der Waals surface area contributed by atoms with Gasteiger partial charge in [-0.1, -0.05) is 12.1 Å². The number of carbonyl (C=O) groups is 4. The summed E-state index contributed by atoms with van der Waals surface area (Å²) in [5.74, 6) is -0.984. The van der Waals surface area contributed by atoms with E-state index in [1.807, 2.05) is 0 Å². The lowest BCUT2D eigenvalue weighted by Crippen LogP contribution is -1.95. The van der Waals surface area contributed by atoms with Gasteiger partial charge in [0, 0.05) is 18.4 Å². The SMILES string of the molecule is O=CCCCCC=O.O=Cc1ccc(C(=O)O)cc1. The van der Waals surface area contributed by atoms with Crippen molar-refractivity contribution in [3.63, 3.8) is 0 Å². The summed E-state index contributed by atoms with van der Waals surface area (Å²) in [5, 5.41) is 8.46. The Hall–Kier alpha value is -2.30. The van der Waals surface area contributed by atoms with Crippen molar-refractivity contribution in [2.45, 2.75) is 25.7 Å². The van der Waals surface area contributed by atoms with Crippen molar-refractivity contribution in [1.29, 1.82) is 0 Å². The number of carbonyl (C=O) groups excluding carboxylic acids is 3. The van der Waals surface area contributed by atoms with Crippen molar-refractivity contribution in [3.05, 3.63) is 35.4 Å². The highest BCUT2D eigenvalue weighted by Crippen LogP contribution is 2.01. The van der Waals surface area contributed by atoms with Gasteiger partial charge >= 0.3 is 5.97 Å². The molecule has 0 aliphatic rings. The van der Waals surface area contributed by atoms with Gasteiger partial charge in [0.25, 0.3) is 0 Å². The molecule has 0 aliphatic carbocycles. The molecule has 0 atom stereocenters. The zero-order chi connectivity index (χ0) is 14.5. The van der Waals surface area contributed by atoms with E-state index in [-0.39, 0.29) is 5.56 Å². The predicted octanol–water partition coefficient (Wildman–Crippen LogP) is 2.14. The van der Waals surface area contributed by atoms with E-state index >= 15 is 0 Å². The van der Waals surface area contributed by atoms with Gasteiger partial charge in [-0.25, -0.2) is 4.79 Å². The van der Waals surface area contributed by atoms with Gasteiger partial charge in [0.15, 0.2) is 0 Å². The molecular weight excluding hydrogens is 248 g/mol. The molecule has 5 heteroatoms. The van der Waals surface area contributed by atoms with Crippen molar-refractivity contribution in [1.82, 2.24) is 0 Å². The van der Waals surface area contributed by atoms with Gasteiger partial charge in [-0.05, 0) is 25.0 Å². The van der Waals surface area contributed by atoms with Crippen LogP contribution >= 0.6 is 0 Å². The first-order chi connectivity index (χ1) is 9.15. The van der Waals surface area contributed by atoms with E-state index in [4.69, 9.17) is 5.11 Å². The molecule has 5 nitrogen and oxygen atoms in total. The Bertz CT molecular complexity index is 398. The zero-order valence-electron chi connectivity index (χ0n) is 10.5. The molecule has 0 fully saturated rings. The number of unbranched alkanes of at least 4 members (excludes halogenated alkanes) is 3. The largest absolute Gasteiger partial charge is 0.478 e. The molecule has 0 amide bonds. The van der Waals surface area contributed by atoms with Crippen LogP contribution in [0.4, 0.5) is 0 Å². The van der Waals surface area contributed by atoms with E-state index < -0.39 is 5.97 Å². The van der Waals surface area contributed by atoms with Crippen molar-refractivity contribution >= 4 is 24.8 Å². The normalized spacial score (nSPS) is 8.84. The smallest absolute Gasteiger partial charge is 0.335 e. The summed E-state index contributed by atoms with van der Waals surface area (Å²) in [6.07, 6.45) is 5.31. The van der Waals surface area contributed by atoms with E-state index in [9.17, 15) is 19.2 Å². The maximum atomic E-state index is 10.3. The Labute approximate surface area is 111 Å². The molecule has 1 rings (SSSR count). The third-order valence-electron chi connectivity index (χ3n) is 2.19. The van der Waals surface area contributed by atoms with E-state index in [1.165, 1.54) is 24.3 Å². The molecular formula is C14H16O5.